The van der Waals surface area contributed by atoms with Gasteiger partial charge in [-0.15, -0.1) is 0 Å². The van der Waals surface area contributed by atoms with E-state index in [0.717, 1.165) is 6.42 Å². The lowest BCUT2D eigenvalue weighted by Crippen LogP contribution is -2.16. The number of carbonyl (C=O) groups is 2. The lowest BCUT2D eigenvalue weighted by Gasteiger charge is -1.98. The summed E-state index contributed by atoms with van der Waals surface area (Å²) in [6.45, 7) is 3.99. The van der Waals surface area contributed by atoms with E-state index in [0.29, 0.717) is 6.61 Å². The van der Waals surface area contributed by atoms with Crippen molar-refractivity contribution in [3.63, 3.8) is 0 Å². The second-order valence-electron chi connectivity index (χ2n) is 2.33. The smallest absolute Gasteiger partial charge is 0.374 e. The van der Waals surface area contributed by atoms with E-state index in [1.807, 2.05) is 6.92 Å². The molecule has 0 aromatic heterocycles. The molecule has 0 atom stereocenters. The van der Waals surface area contributed by atoms with Gasteiger partial charge in [-0.1, -0.05) is 19.1 Å². The molecule has 0 aliphatic rings. The molecule has 12 heavy (non-hydrogen) atoms. The van der Waals surface area contributed by atoms with Gasteiger partial charge in [-0.3, -0.25) is 4.79 Å². The number of carbonyl (C=O) groups excluding carboxylic acids is 2. The highest BCUT2D eigenvalue weighted by Crippen LogP contribution is 1.91. The van der Waals surface area contributed by atoms with E-state index in [2.05, 4.69) is 4.74 Å². The van der Waals surface area contributed by atoms with Crippen LogP contribution < -0.4 is 0 Å². The number of allylic oxidation sites excluding steroid dienone is 2. The van der Waals surface area contributed by atoms with Gasteiger partial charge in [0.2, 0.25) is 5.78 Å². The molecular formula is C9H14O3. The van der Waals surface area contributed by atoms with Crippen molar-refractivity contribution in [2.75, 3.05) is 6.61 Å². The fourth-order valence-electron chi connectivity index (χ4n) is 0.583. The highest BCUT2D eigenvalue weighted by atomic mass is 16.5. The zero-order valence-electron chi connectivity index (χ0n) is 7.50. The summed E-state index contributed by atoms with van der Waals surface area (Å²) in [5, 5.41) is 0. The van der Waals surface area contributed by atoms with Crippen LogP contribution >= 0.6 is 0 Å². The SMILES string of the molecule is CC=CCC(=O)C(=O)OCCC. The molecule has 3 heteroatoms. The monoisotopic (exact) mass is 170 g/mol. The Labute approximate surface area is 72.4 Å². The van der Waals surface area contributed by atoms with E-state index in [-0.39, 0.29) is 6.42 Å². The molecule has 0 aromatic carbocycles. The Balaban J connectivity index is 3.69. The summed E-state index contributed by atoms with van der Waals surface area (Å²) in [4.78, 5) is 21.7. The van der Waals surface area contributed by atoms with Crippen molar-refractivity contribution >= 4 is 11.8 Å². The topological polar surface area (TPSA) is 43.4 Å². The van der Waals surface area contributed by atoms with Crippen molar-refractivity contribution < 1.29 is 14.3 Å². The zero-order chi connectivity index (χ0) is 9.40. The summed E-state index contributed by atoms with van der Waals surface area (Å²) in [6.07, 6.45) is 4.24. The molecule has 0 aliphatic carbocycles. The molecule has 0 aliphatic heterocycles. The highest BCUT2D eigenvalue weighted by Gasteiger charge is 2.12. The van der Waals surface area contributed by atoms with Crippen molar-refractivity contribution in [2.24, 2.45) is 0 Å². The van der Waals surface area contributed by atoms with Gasteiger partial charge in [-0.25, -0.2) is 4.79 Å². The van der Waals surface area contributed by atoms with Crippen molar-refractivity contribution in [2.45, 2.75) is 26.7 Å². The van der Waals surface area contributed by atoms with E-state index in [4.69, 9.17) is 0 Å². The van der Waals surface area contributed by atoms with Gasteiger partial charge in [0.15, 0.2) is 0 Å². The summed E-state index contributed by atoms with van der Waals surface area (Å²) in [5.41, 5.74) is 0. The Morgan fingerprint density at radius 3 is 2.58 bits per heavy atom. The maximum Gasteiger partial charge on any atom is 0.374 e. The van der Waals surface area contributed by atoms with Gasteiger partial charge < -0.3 is 4.74 Å². The third kappa shape index (κ3) is 4.66. The van der Waals surface area contributed by atoms with Crippen LogP contribution in [-0.4, -0.2) is 18.4 Å². The van der Waals surface area contributed by atoms with Gasteiger partial charge in [0.25, 0.3) is 0 Å². The molecule has 0 rings (SSSR count). The van der Waals surface area contributed by atoms with Gasteiger partial charge in [0.1, 0.15) is 0 Å². The fourth-order valence-corrected chi connectivity index (χ4v) is 0.583. The average Bonchev–Trinajstić information content (AvgIpc) is 2.10. The molecule has 0 radical (unpaired) electrons. The quantitative estimate of drug-likeness (QED) is 0.356. The Hall–Kier alpha value is -1.12. The molecular weight excluding hydrogens is 156 g/mol. The number of esters is 1. The van der Waals surface area contributed by atoms with Crippen LogP contribution in [0.4, 0.5) is 0 Å². The first-order chi connectivity index (χ1) is 5.72. The largest absolute Gasteiger partial charge is 0.460 e. The summed E-state index contributed by atoms with van der Waals surface area (Å²) in [5.74, 6) is -1.21. The van der Waals surface area contributed by atoms with Gasteiger partial charge in [-0.05, 0) is 13.3 Å². The van der Waals surface area contributed by atoms with Crippen LogP contribution in [0, 0.1) is 0 Å². The first-order valence-corrected chi connectivity index (χ1v) is 4.03. The number of ether oxygens (including phenoxy) is 1. The van der Waals surface area contributed by atoms with Gasteiger partial charge in [0, 0.05) is 6.42 Å². The van der Waals surface area contributed by atoms with E-state index in [1.165, 1.54) is 0 Å². The van der Waals surface area contributed by atoms with Crippen LogP contribution in [0.15, 0.2) is 12.2 Å². The normalized spacial score (nSPS) is 10.2. The number of hydrogen-bond acceptors (Lipinski definition) is 3. The molecule has 0 N–H and O–H groups in total. The molecule has 0 bridgehead atoms. The van der Waals surface area contributed by atoms with Crippen molar-refractivity contribution in [1.82, 2.24) is 0 Å². The lowest BCUT2D eigenvalue weighted by molar-refractivity contribution is -0.153. The second kappa shape index (κ2) is 6.58. The molecule has 68 valence electrons. The summed E-state index contributed by atoms with van der Waals surface area (Å²) >= 11 is 0. The number of hydrogen-bond donors (Lipinski definition) is 0. The second-order valence-corrected chi connectivity index (χ2v) is 2.33. The molecule has 0 saturated heterocycles. The minimum absolute atomic E-state index is 0.138. The summed E-state index contributed by atoms with van der Waals surface area (Å²) in [7, 11) is 0. The van der Waals surface area contributed by atoms with Crippen LogP contribution in [0.5, 0.6) is 0 Å². The summed E-state index contributed by atoms with van der Waals surface area (Å²) < 4.78 is 4.63. The maximum atomic E-state index is 10.9. The van der Waals surface area contributed by atoms with Crippen LogP contribution in [0.3, 0.4) is 0 Å². The standard InChI is InChI=1S/C9H14O3/c1-3-5-6-8(10)9(11)12-7-4-2/h3,5H,4,6-7H2,1-2H3. The molecule has 0 amide bonds. The van der Waals surface area contributed by atoms with Gasteiger partial charge >= 0.3 is 5.97 Å². The molecule has 0 saturated carbocycles. The Morgan fingerprint density at radius 2 is 2.08 bits per heavy atom. The molecule has 3 nitrogen and oxygen atoms in total. The van der Waals surface area contributed by atoms with Crippen molar-refractivity contribution in [3.05, 3.63) is 12.2 Å². The van der Waals surface area contributed by atoms with E-state index in [1.54, 1.807) is 19.1 Å². The number of rotatable bonds is 5. The van der Waals surface area contributed by atoms with Crippen molar-refractivity contribution in [3.8, 4) is 0 Å². The predicted octanol–water partition coefficient (Wildman–Crippen LogP) is 1.47. The maximum absolute atomic E-state index is 10.9. The predicted molar refractivity (Wildman–Crippen MR) is 45.7 cm³/mol. The molecule has 0 unspecified atom stereocenters. The Bertz CT molecular complexity index is 182. The van der Waals surface area contributed by atoms with Crippen LogP contribution in [0.25, 0.3) is 0 Å². The van der Waals surface area contributed by atoms with Gasteiger partial charge in [-0.2, -0.15) is 0 Å². The van der Waals surface area contributed by atoms with Gasteiger partial charge in [0.05, 0.1) is 6.61 Å². The lowest BCUT2D eigenvalue weighted by atomic mass is 10.3. The van der Waals surface area contributed by atoms with E-state index >= 15 is 0 Å². The molecule has 0 spiro atoms. The molecule has 0 fully saturated rings. The minimum atomic E-state index is -0.727. The Morgan fingerprint density at radius 1 is 1.42 bits per heavy atom. The van der Waals surface area contributed by atoms with Crippen molar-refractivity contribution in [1.29, 1.82) is 0 Å². The van der Waals surface area contributed by atoms with Crippen LogP contribution in [0.1, 0.15) is 26.7 Å². The molecule has 0 aromatic rings. The van der Waals surface area contributed by atoms with Crippen LogP contribution in [-0.2, 0) is 14.3 Å². The van der Waals surface area contributed by atoms with Crippen LogP contribution in [0.2, 0.25) is 0 Å². The number of Topliss-reactive ketones (excluding diaryl/α,β-unsaturated/α-hetero) is 1. The average molecular weight is 170 g/mol. The third-order valence-electron chi connectivity index (χ3n) is 1.20. The fraction of sp³-hybridized carbons (Fsp3) is 0.556. The number of ketones is 1. The van der Waals surface area contributed by atoms with E-state index < -0.39 is 11.8 Å². The Kier molecular flexibility index (Phi) is 5.97. The third-order valence-corrected chi connectivity index (χ3v) is 1.20. The highest BCUT2D eigenvalue weighted by molar-refractivity contribution is 6.33. The first-order valence-electron chi connectivity index (χ1n) is 4.03. The van der Waals surface area contributed by atoms with E-state index in [9.17, 15) is 9.59 Å². The summed E-state index contributed by atoms with van der Waals surface area (Å²) in [6, 6.07) is 0. The molecule has 0 heterocycles. The first kappa shape index (κ1) is 10.9. The minimum Gasteiger partial charge on any atom is -0.460 e. The zero-order valence-corrected chi connectivity index (χ0v) is 7.50.